The molecule has 2 aliphatic rings. The molecule has 0 amide bonds. The first kappa shape index (κ1) is 18.2. The van der Waals surface area contributed by atoms with Crippen molar-refractivity contribution in [1.82, 2.24) is 24.5 Å². The van der Waals surface area contributed by atoms with Crippen LogP contribution in [0.2, 0.25) is 0 Å². The second kappa shape index (κ2) is 7.90. The van der Waals surface area contributed by atoms with E-state index in [2.05, 4.69) is 15.0 Å². The van der Waals surface area contributed by atoms with Crippen molar-refractivity contribution in [1.29, 1.82) is 0 Å². The zero-order valence-corrected chi connectivity index (χ0v) is 17.0. The SMILES string of the molecule is O=c1c2c(nc3sc(SCc4ccncc4)nn13)CCN(CC1CCCO1)C2. The van der Waals surface area contributed by atoms with Gasteiger partial charge < -0.3 is 4.74 Å². The van der Waals surface area contributed by atoms with Crippen LogP contribution in [0.15, 0.2) is 33.7 Å². The minimum atomic E-state index is -0.0240. The van der Waals surface area contributed by atoms with E-state index in [1.54, 1.807) is 24.2 Å². The lowest BCUT2D eigenvalue weighted by Crippen LogP contribution is -2.40. The molecule has 0 spiro atoms. The van der Waals surface area contributed by atoms with E-state index in [1.165, 1.54) is 21.4 Å². The zero-order chi connectivity index (χ0) is 18.9. The first-order chi connectivity index (χ1) is 13.8. The largest absolute Gasteiger partial charge is 0.377 e. The Labute approximate surface area is 170 Å². The van der Waals surface area contributed by atoms with Gasteiger partial charge in [0.05, 0.1) is 17.4 Å². The summed E-state index contributed by atoms with van der Waals surface area (Å²) in [6.45, 7) is 3.32. The average Bonchev–Trinajstić information content (AvgIpc) is 3.38. The highest BCUT2D eigenvalue weighted by Gasteiger charge is 2.26. The van der Waals surface area contributed by atoms with Crippen LogP contribution in [0.25, 0.3) is 4.96 Å². The molecule has 0 radical (unpaired) electrons. The van der Waals surface area contributed by atoms with E-state index in [0.717, 1.165) is 60.3 Å². The summed E-state index contributed by atoms with van der Waals surface area (Å²) in [4.78, 5) is 24.8. The number of hydrogen-bond acceptors (Lipinski definition) is 8. The van der Waals surface area contributed by atoms with E-state index in [9.17, 15) is 4.79 Å². The van der Waals surface area contributed by atoms with E-state index in [4.69, 9.17) is 9.72 Å². The molecule has 2 aliphatic heterocycles. The van der Waals surface area contributed by atoms with Crippen molar-refractivity contribution in [2.45, 2.75) is 42.0 Å². The van der Waals surface area contributed by atoms with Crippen molar-refractivity contribution >= 4 is 28.1 Å². The standard InChI is InChI=1S/C19H21N5O2S2/c25-17-15-11-23(10-14-2-1-9-26-14)8-5-16(15)21-18-24(17)22-19(28-18)27-12-13-3-6-20-7-4-13/h3-4,6-7,14H,1-2,5,8-12H2. The molecule has 0 bridgehead atoms. The molecule has 0 aliphatic carbocycles. The van der Waals surface area contributed by atoms with Gasteiger partial charge in [-0.2, -0.15) is 4.52 Å². The van der Waals surface area contributed by atoms with E-state index >= 15 is 0 Å². The summed E-state index contributed by atoms with van der Waals surface area (Å²) in [7, 11) is 0. The summed E-state index contributed by atoms with van der Waals surface area (Å²) in [5, 5.41) is 4.53. The number of rotatable bonds is 5. The summed E-state index contributed by atoms with van der Waals surface area (Å²) in [6.07, 6.45) is 6.94. The number of thioether (sulfide) groups is 1. The van der Waals surface area contributed by atoms with Gasteiger partial charge in [0.1, 0.15) is 0 Å². The second-order valence-corrected chi connectivity index (χ2v) is 9.35. The fraction of sp³-hybridized carbons (Fsp3) is 0.474. The third kappa shape index (κ3) is 3.71. The van der Waals surface area contributed by atoms with E-state index in [1.807, 2.05) is 12.1 Å². The monoisotopic (exact) mass is 415 g/mol. The molecule has 9 heteroatoms. The highest BCUT2D eigenvalue weighted by atomic mass is 32.2. The highest BCUT2D eigenvalue weighted by molar-refractivity contribution is 8.00. The quantitative estimate of drug-likeness (QED) is 0.593. The molecule has 5 rings (SSSR count). The van der Waals surface area contributed by atoms with Gasteiger partial charge in [-0.05, 0) is 30.5 Å². The predicted octanol–water partition coefficient (Wildman–Crippen LogP) is 2.38. The Kier molecular flexibility index (Phi) is 5.15. The van der Waals surface area contributed by atoms with Crippen molar-refractivity contribution < 1.29 is 4.74 Å². The molecular weight excluding hydrogens is 394 g/mol. The number of nitrogens with zero attached hydrogens (tertiary/aromatic N) is 5. The maximum atomic E-state index is 13.0. The van der Waals surface area contributed by atoms with Crippen LogP contribution in [0, 0.1) is 0 Å². The Bertz CT molecular complexity index is 1030. The maximum Gasteiger partial charge on any atom is 0.279 e. The van der Waals surface area contributed by atoms with Crippen LogP contribution in [0.4, 0.5) is 0 Å². The zero-order valence-electron chi connectivity index (χ0n) is 15.4. The molecular formula is C19H21N5O2S2. The van der Waals surface area contributed by atoms with E-state index < -0.39 is 0 Å². The van der Waals surface area contributed by atoms with E-state index in [0.29, 0.717) is 17.6 Å². The second-order valence-electron chi connectivity index (χ2n) is 7.17. The maximum absolute atomic E-state index is 13.0. The molecule has 28 heavy (non-hydrogen) atoms. The molecule has 3 aromatic rings. The molecule has 1 saturated heterocycles. The van der Waals surface area contributed by atoms with Crippen LogP contribution >= 0.6 is 23.1 Å². The summed E-state index contributed by atoms with van der Waals surface area (Å²) in [5.41, 5.74) is 2.88. The van der Waals surface area contributed by atoms with Crippen LogP contribution in [-0.2, 0) is 23.5 Å². The van der Waals surface area contributed by atoms with Crippen LogP contribution in [-0.4, -0.2) is 50.3 Å². The summed E-state index contributed by atoms with van der Waals surface area (Å²) < 4.78 is 8.09. The number of ether oxygens (including phenoxy) is 1. The Morgan fingerprint density at radius 1 is 1.32 bits per heavy atom. The molecule has 0 saturated carbocycles. The Balaban J connectivity index is 1.36. The van der Waals surface area contributed by atoms with Gasteiger partial charge >= 0.3 is 0 Å². The molecule has 1 atom stereocenters. The summed E-state index contributed by atoms with van der Waals surface area (Å²) in [5.74, 6) is 0.798. The predicted molar refractivity (Wildman–Crippen MR) is 109 cm³/mol. The van der Waals surface area contributed by atoms with Gasteiger partial charge in [0.2, 0.25) is 4.96 Å². The lowest BCUT2D eigenvalue weighted by Gasteiger charge is -2.29. The van der Waals surface area contributed by atoms with Gasteiger partial charge in [0, 0.05) is 50.8 Å². The molecule has 146 valence electrons. The summed E-state index contributed by atoms with van der Waals surface area (Å²) in [6, 6.07) is 3.98. The van der Waals surface area contributed by atoms with Crippen molar-refractivity contribution in [2.24, 2.45) is 0 Å². The number of pyridine rings is 1. The van der Waals surface area contributed by atoms with Crippen molar-refractivity contribution in [2.75, 3.05) is 19.7 Å². The smallest absolute Gasteiger partial charge is 0.279 e. The first-order valence-corrected chi connectivity index (χ1v) is 11.3. The molecule has 5 heterocycles. The third-order valence-corrected chi connectivity index (χ3v) is 7.33. The molecule has 3 aromatic heterocycles. The van der Waals surface area contributed by atoms with Crippen molar-refractivity contribution in [3.8, 4) is 0 Å². The van der Waals surface area contributed by atoms with E-state index in [-0.39, 0.29) is 5.56 Å². The van der Waals surface area contributed by atoms with Gasteiger partial charge in [-0.1, -0.05) is 23.1 Å². The minimum Gasteiger partial charge on any atom is -0.377 e. The fourth-order valence-electron chi connectivity index (χ4n) is 3.75. The Morgan fingerprint density at radius 2 is 2.21 bits per heavy atom. The highest BCUT2D eigenvalue weighted by Crippen LogP contribution is 2.27. The molecule has 1 unspecified atom stereocenters. The van der Waals surface area contributed by atoms with Crippen LogP contribution in [0.5, 0.6) is 0 Å². The Morgan fingerprint density at radius 3 is 3.04 bits per heavy atom. The lowest BCUT2D eigenvalue weighted by atomic mass is 10.1. The first-order valence-electron chi connectivity index (χ1n) is 9.53. The van der Waals surface area contributed by atoms with Crippen molar-refractivity contribution in [3.63, 3.8) is 0 Å². The number of aromatic nitrogens is 4. The molecule has 1 fully saturated rings. The van der Waals surface area contributed by atoms with Crippen LogP contribution in [0.3, 0.4) is 0 Å². The van der Waals surface area contributed by atoms with Gasteiger partial charge in [0.15, 0.2) is 4.34 Å². The third-order valence-electron chi connectivity index (χ3n) is 5.21. The van der Waals surface area contributed by atoms with Gasteiger partial charge in [0.25, 0.3) is 5.56 Å². The van der Waals surface area contributed by atoms with Gasteiger partial charge in [-0.3, -0.25) is 14.7 Å². The van der Waals surface area contributed by atoms with Gasteiger partial charge in [-0.15, -0.1) is 5.10 Å². The minimum absolute atomic E-state index is 0.0240. The lowest BCUT2D eigenvalue weighted by molar-refractivity contribution is 0.0683. The molecule has 7 nitrogen and oxygen atoms in total. The van der Waals surface area contributed by atoms with Crippen LogP contribution in [0.1, 0.15) is 29.7 Å². The molecule has 0 N–H and O–H groups in total. The fourth-order valence-corrected chi connectivity index (χ4v) is 5.65. The number of hydrogen-bond donors (Lipinski definition) is 0. The summed E-state index contributed by atoms with van der Waals surface area (Å²) >= 11 is 3.11. The topological polar surface area (TPSA) is 72.6 Å². The Hall–Kier alpha value is -1.81. The molecule has 0 aromatic carbocycles. The van der Waals surface area contributed by atoms with Crippen molar-refractivity contribution in [3.05, 3.63) is 51.7 Å². The van der Waals surface area contributed by atoms with Crippen LogP contribution < -0.4 is 5.56 Å². The normalized spacial score (nSPS) is 19.9. The van der Waals surface area contributed by atoms with Gasteiger partial charge in [-0.25, -0.2) is 4.98 Å². The number of fused-ring (bicyclic) bond motifs is 2. The average molecular weight is 416 g/mol.